The molecule has 19 heavy (non-hydrogen) atoms. The quantitative estimate of drug-likeness (QED) is 0.560. The van der Waals surface area contributed by atoms with Crippen molar-refractivity contribution in [1.29, 1.82) is 0 Å². The third kappa shape index (κ3) is 3.72. The molecule has 1 aliphatic rings. The van der Waals surface area contributed by atoms with Crippen LogP contribution in [0, 0.1) is 0 Å². The molecule has 0 spiro atoms. The molecule has 0 unspecified atom stereocenters. The molecule has 0 atom stereocenters. The number of rotatable bonds is 3. The molecular weight excluding hydrogens is 238 g/mol. The zero-order valence-corrected chi connectivity index (χ0v) is 11.3. The van der Waals surface area contributed by atoms with E-state index >= 15 is 0 Å². The molecule has 5 nitrogen and oxygen atoms in total. The first-order valence-electron chi connectivity index (χ1n) is 6.51. The molecule has 0 bridgehead atoms. The molecule has 5 heteroatoms. The maximum atomic E-state index is 5.37. The topological polar surface area (TPSA) is 65.7 Å². The van der Waals surface area contributed by atoms with Crippen LogP contribution in [0.15, 0.2) is 41.5 Å². The highest BCUT2D eigenvalue weighted by Crippen LogP contribution is 2.18. The maximum absolute atomic E-state index is 5.37. The fourth-order valence-corrected chi connectivity index (χ4v) is 2.09. The number of nitrogens with one attached hydrogen (secondary N) is 2. The molecule has 2 rings (SSSR count). The van der Waals surface area contributed by atoms with Gasteiger partial charge in [-0.15, -0.1) is 0 Å². The van der Waals surface area contributed by atoms with E-state index < -0.39 is 0 Å². The van der Waals surface area contributed by atoms with Crippen molar-refractivity contribution in [1.82, 2.24) is 5.32 Å². The van der Waals surface area contributed by atoms with Crippen molar-refractivity contribution >= 4 is 17.2 Å². The second kappa shape index (κ2) is 6.80. The monoisotopic (exact) mass is 259 g/mol. The molecule has 1 aromatic rings. The Morgan fingerprint density at radius 3 is 2.58 bits per heavy atom. The van der Waals surface area contributed by atoms with E-state index in [1.54, 1.807) is 13.1 Å². The highest BCUT2D eigenvalue weighted by molar-refractivity contribution is 6.03. The summed E-state index contributed by atoms with van der Waals surface area (Å²) < 4.78 is 0. The molecule has 1 heterocycles. The van der Waals surface area contributed by atoms with E-state index in [0.717, 1.165) is 37.7 Å². The highest BCUT2D eigenvalue weighted by atomic mass is 15.2. The number of aliphatic imine (C=N–C) groups is 1. The van der Waals surface area contributed by atoms with Crippen LogP contribution >= 0.6 is 0 Å². The number of hydrogen-bond donors (Lipinski definition) is 3. The highest BCUT2D eigenvalue weighted by Gasteiger charge is 2.09. The Morgan fingerprint density at radius 2 is 2.00 bits per heavy atom. The normalized spacial score (nSPS) is 16.9. The Bertz CT molecular complexity index is 443. The van der Waals surface area contributed by atoms with E-state index in [2.05, 4.69) is 44.8 Å². The molecule has 4 N–H and O–H groups in total. The Morgan fingerprint density at radius 1 is 1.32 bits per heavy atom. The first-order chi connectivity index (χ1) is 9.33. The van der Waals surface area contributed by atoms with Crippen LogP contribution in [0.4, 0.5) is 11.4 Å². The number of nitrogens with two attached hydrogens (primary N) is 1. The van der Waals surface area contributed by atoms with Gasteiger partial charge in [-0.05, 0) is 36.5 Å². The average molecular weight is 259 g/mol. The lowest BCUT2D eigenvalue weighted by Gasteiger charge is -2.29. The second-order valence-electron chi connectivity index (χ2n) is 4.38. The van der Waals surface area contributed by atoms with Crippen LogP contribution in [-0.2, 0) is 0 Å². The van der Waals surface area contributed by atoms with E-state index in [4.69, 9.17) is 5.73 Å². The summed E-state index contributed by atoms with van der Waals surface area (Å²) in [5.41, 5.74) is 7.64. The molecule has 102 valence electrons. The molecule has 1 aromatic carbocycles. The van der Waals surface area contributed by atoms with Gasteiger partial charge in [-0.25, -0.2) is 0 Å². The van der Waals surface area contributed by atoms with Crippen molar-refractivity contribution in [3.8, 4) is 0 Å². The summed E-state index contributed by atoms with van der Waals surface area (Å²) in [7, 11) is 1.73. The predicted octanol–water partition coefficient (Wildman–Crippen LogP) is 1.01. The Hall–Kier alpha value is -2.01. The molecule has 0 radical (unpaired) electrons. The van der Waals surface area contributed by atoms with Gasteiger partial charge in [0.1, 0.15) is 5.84 Å². The summed E-state index contributed by atoms with van der Waals surface area (Å²) in [5, 5.41) is 6.57. The molecule has 0 saturated carbocycles. The van der Waals surface area contributed by atoms with E-state index in [0.29, 0.717) is 0 Å². The van der Waals surface area contributed by atoms with Crippen LogP contribution in [-0.4, -0.2) is 39.1 Å². The minimum absolute atomic E-state index is 0.748. The van der Waals surface area contributed by atoms with Crippen LogP contribution in [0.1, 0.15) is 0 Å². The number of benzene rings is 1. The van der Waals surface area contributed by atoms with E-state index in [1.807, 2.05) is 0 Å². The molecule has 1 aliphatic heterocycles. The lowest BCUT2D eigenvalue weighted by atomic mass is 10.2. The van der Waals surface area contributed by atoms with Crippen molar-refractivity contribution in [2.75, 3.05) is 43.4 Å². The molecular formula is C14H21N5. The molecule has 1 fully saturated rings. The van der Waals surface area contributed by atoms with E-state index in [9.17, 15) is 0 Å². The minimum atomic E-state index is 0.748. The molecule has 0 aromatic heterocycles. The second-order valence-corrected chi connectivity index (χ2v) is 4.38. The summed E-state index contributed by atoms with van der Waals surface area (Å²) in [6.45, 7) is 4.22. The van der Waals surface area contributed by atoms with Crippen molar-refractivity contribution in [2.24, 2.45) is 10.7 Å². The van der Waals surface area contributed by atoms with Crippen molar-refractivity contribution in [2.45, 2.75) is 0 Å². The molecule has 0 aliphatic carbocycles. The zero-order chi connectivity index (χ0) is 13.5. The first kappa shape index (κ1) is 13.4. The number of piperazine rings is 1. The van der Waals surface area contributed by atoms with Crippen LogP contribution < -0.4 is 21.3 Å². The van der Waals surface area contributed by atoms with Gasteiger partial charge in [-0.3, -0.25) is 4.99 Å². The summed E-state index contributed by atoms with van der Waals surface area (Å²) >= 11 is 0. The van der Waals surface area contributed by atoms with Gasteiger partial charge >= 0.3 is 0 Å². The van der Waals surface area contributed by atoms with Crippen molar-refractivity contribution < 1.29 is 0 Å². The number of anilines is 2. The van der Waals surface area contributed by atoms with Crippen LogP contribution in [0.3, 0.4) is 0 Å². The molecule has 1 saturated heterocycles. The minimum Gasteiger partial charge on any atom is -0.404 e. The average Bonchev–Trinajstić information content (AvgIpc) is 2.48. The van der Waals surface area contributed by atoms with Gasteiger partial charge in [0.05, 0.1) is 0 Å². The third-order valence-electron chi connectivity index (χ3n) is 3.12. The van der Waals surface area contributed by atoms with Crippen LogP contribution in [0.25, 0.3) is 0 Å². The Balaban J connectivity index is 2.01. The first-order valence-corrected chi connectivity index (χ1v) is 6.51. The van der Waals surface area contributed by atoms with Crippen molar-refractivity contribution in [3.63, 3.8) is 0 Å². The largest absolute Gasteiger partial charge is 0.404 e. The maximum Gasteiger partial charge on any atom is 0.126 e. The Kier molecular flexibility index (Phi) is 4.80. The number of amidine groups is 1. The number of hydrogen-bond acceptors (Lipinski definition) is 4. The summed E-state index contributed by atoms with van der Waals surface area (Å²) in [6, 6.07) is 8.39. The summed E-state index contributed by atoms with van der Waals surface area (Å²) in [5.74, 6) is 0.748. The van der Waals surface area contributed by atoms with Gasteiger partial charge in [0, 0.05) is 44.6 Å². The lowest BCUT2D eigenvalue weighted by Crippen LogP contribution is -2.43. The standard InChI is InChI=1S/C14H21N5/c1-16-14(6-7-15)18-12-2-4-13(5-3-12)19-10-8-17-9-11-19/h2-7,17H,8-11,15H2,1H3,(H,16,18). The third-order valence-corrected chi connectivity index (χ3v) is 3.12. The zero-order valence-electron chi connectivity index (χ0n) is 11.3. The van der Waals surface area contributed by atoms with Gasteiger partial charge in [0.2, 0.25) is 0 Å². The van der Waals surface area contributed by atoms with Gasteiger partial charge in [0.25, 0.3) is 0 Å². The van der Waals surface area contributed by atoms with Gasteiger partial charge in [0.15, 0.2) is 0 Å². The predicted molar refractivity (Wildman–Crippen MR) is 81.8 cm³/mol. The van der Waals surface area contributed by atoms with Crippen LogP contribution in [0.2, 0.25) is 0 Å². The Labute approximate surface area is 114 Å². The molecule has 0 amide bonds. The van der Waals surface area contributed by atoms with Gasteiger partial charge in [-0.2, -0.15) is 0 Å². The fraction of sp³-hybridized carbons (Fsp3) is 0.357. The fourth-order valence-electron chi connectivity index (χ4n) is 2.09. The van der Waals surface area contributed by atoms with Crippen LogP contribution in [0.5, 0.6) is 0 Å². The van der Waals surface area contributed by atoms with Gasteiger partial charge in [-0.1, -0.05) is 0 Å². The lowest BCUT2D eigenvalue weighted by molar-refractivity contribution is 0.589. The van der Waals surface area contributed by atoms with Crippen molar-refractivity contribution in [3.05, 3.63) is 36.5 Å². The number of nitrogens with zero attached hydrogens (tertiary/aromatic N) is 2. The summed E-state index contributed by atoms with van der Waals surface area (Å²) in [4.78, 5) is 6.49. The summed E-state index contributed by atoms with van der Waals surface area (Å²) in [6.07, 6.45) is 3.22. The van der Waals surface area contributed by atoms with Gasteiger partial charge < -0.3 is 21.3 Å². The smallest absolute Gasteiger partial charge is 0.126 e. The van der Waals surface area contributed by atoms with E-state index in [-0.39, 0.29) is 0 Å². The van der Waals surface area contributed by atoms with E-state index in [1.165, 1.54) is 11.9 Å². The SMILES string of the molecule is CN=C(C=CN)Nc1ccc(N2CCNCC2)cc1.